The number of benzene rings is 1. The minimum atomic E-state index is -0.418. The molecule has 0 fully saturated rings. The molecule has 0 radical (unpaired) electrons. The van der Waals surface area contributed by atoms with E-state index in [-0.39, 0.29) is 5.91 Å². The third-order valence-electron chi connectivity index (χ3n) is 3.55. The summed E-state index contributed by atoms with van der Waals surface area (Å²) in [4.78, 5) is 15.3. The van der Waals surface area contributed by atoms with Crippen molar-refractivity contribution in [1.82, 2.24) is 4.90 Å². The van der Waals surface area contributed by atoms with Crippen LogP contribution in [0.5, 0.6) is 0 Å². The summed E-state index contributed by atoms with van der Waals surface area (Å²) in [7, 11) is 1.83. The molecule has 0 unspecified atom stereocenters. The van der Waals surface area contributed by atoms with E-state index in [1.54, 1.807) is 16.2 Å². The van der Waals surface area contributed by atoms with E-state index in [1.807, 2.05) is 31.3 Å². The number of thiophene rings is 1. The summed E-state index contributed by atoms with van der Waals surface area (Å²) in [5, 5.41) is 2.06. The quantitative estimate of drug-likeness (QED) is 0.855. The molecule has 1 amide bonds. The number of hydrogen-bond donors (Lipinski definition) is 1. The van der Waals surface area contributed by atoms with Crippen LogP contribution in [-0.4, -0.2) is 30.4 Å². The largest absolute Gasteiger partial charge is 0.344 e. The van der Waals surface area contributed by atoms with Crippen LogP contribution in [0.15, 0.2) is 47.8 Å². The number of carbonyl (C=O) groups excluding carboxylic acids is 1. The summed E-state index contributed by atoms with van der Waals surface area (Å²) in [5.41, 5.74) is 7.25. The Hall–Kier alpha value is -1.65. The van der Waals surface area contributed by atoms with E-state index in [4.69, 9.17) is 5.73 Å². The standard InChI is InChI=1S/C17H22N2OS/c1-19(12-11-15-8-5-13-21-15)17(20)16(18)10-9-14-6-3-2-4-7-14/h2-8,13,16H,9-12,18H2,1H3/t16-/m0/s1. The first kappa shape index (κ1) is 15.7. The van der Waals surface area contributed by atoms with Gasteiger partial charge in [-0.1, -0.05) is 36.4 Å². The second kappa shape index (κ2) is 7.96. The predicted octanol–water partition coefficient (Wildman–Crippen LogP) is 2.71. The zero-order chi connectivity index (χ0) is 15.1. The summed E-state index contributed by atoms with van der Waals surface area (Å²) in [5.74, 6) is 0.0301. The van der Waals surface area contributed by atoms with E-state index < -0.39 is 6.04 Å². The predicted molar refractivity (Wildman–Crippen MR) is 88.4 cm³/mol. The Labute approximate surface area is 130 Å². The summed E-state index contributed by atoms with van der Waals surface area (Å²) < 4.78 is 0. The van der Waals surface area contributed by atoms with Crippen molar-refractivity contribution in [3.8, 4) is 0 Å². The van der Waals surface area contributed by atoms with Gasteiger partial charge in [0.25, 0.3) is 0 Å². The van der Waals surface area contributed by atoms with Gasteiger partial charge in [-0.2, -0.15) is 0 Å². The Balaban J connectivity index is 1.75. The molecule has 2 N–H and O–H groups in total. The number of hydrogen-bond acceptors (Lipinski definition) is 3. The van der Waals surface area contributed by atoms with Gasteiger partial charge in [0.15, 0.2) is 0 Å². The van der Waals surface area contributed by atoms with E-state index in [0.29, 0.717) is 6.42 Å². The highest BCUT2D eigenvalue weighted by Gasteiger charge is 2.17. The maximum Gasteiger partial charge on any atom is 0.239 e. The summed E-state index contributed by atoms with van der Waals surface area (Å²) in [6.45, 7) is 0.721. The molecule has 2 aromatic rings. The topological polar surface area (TPSA) is 46.3 Å². The molecular formula is C17H22N2OS. The molecule has 0 aliphatic rings. The SMILES string of the molecule is CN(CCc1cccs1)C(=O)[C@@H](N)CCc1ccccc1. The second-order valence-electron chi connectivity index (χ2n) is 5.22. The van der Waals surface area contributed by atoms with Crippen LogP contribution >= 0.6 is 11.3 Å². The molecule has 1 aromatic heterocycles. The molecule has 112 valence electrons. The number of nitrogens with zero attached hydrogens (tertiary/aromatic N) is 1. The van der Waals surface area contributed by atoms with Gasteiger partial charge in [-0.15, -0.1) is 11.3 Å². The molecule has 1 aromatic carbocycles. The number of likely N-dealkylation sites (N-methyl/N-ethyl adjacent to an activating group) is 1. The Morgan fingerprint density at radius 2 is 1.95 bits per heavy atom. The fourth-order valence-corrected chi connectivity index (χ4v) is 2.91. The summed E-state index contributed by atoms with van der Waals surface area (Å²) in [6, 6.07) is 13.9. The van der Waals surface area contributed by atoms with Crippen molar-refractivity contribution in [2.75, 3.05) is 13.6 Å². The highest BCUT2D eigenvalue weighted by Crippen LogP contribution is 2.10. The number of nitrogens with two attached hydrogens (primary N) is 1. The fourth-order valence-electron chi connectivity index (χ4n) is 2.22. The van der Waals surface area contributed by atoms with Gasteiger partial charge in [-0.05, 0) is 36.3 Å². The van der Waals surface area contributed by atoms with Crippen LogP contribution < -0.4 is 5.73 Å². The lowest BCUT2D eigenvalue weighted by Crippen LogP contribution is -2.42. The smallest absolute Gasteiger partial charge is 0.239 e. The average molecular weight is 302 g/mol. The van der Waals surface area contributed by atoms with Crippen molar-refractivity contribution in [2.45, 2.75) is 25.3 Å². The Kier molecular flexibility index (Phi) is 5.96. The monoisotopic (exact) mass is 302 g/mol. The van der Waals surface area contributed by atoms with Gasteiger partial charge in [0.05, 0.1) is 6.04 Å². The van der Waals surface area contributed by atoms with Crippen LogP contribution in [0.4, 0.5) is 0 Å². The van der Waals surface area contributed by atoms with E-state index in [9.17, 15) is 4.79 Å². The van der Waals surface area contributed by atoms with Crippen LogP contribution in [0, 0.1) is 0 Å². The summed E-state index contributed by atoms with van der Waals surface area (Å²) in [6.07, 6.45) is 2.42. The highest BCUT2D eigenvalue weighted by atomic mass is 32.1. The van der Waals surface area contributed by atoms with E-state index in [2.05, 4.69) is 23.6 Å². The third kappa shape index (κ3) is 4.99. The first-order valence-electron chi connectivity index (χ1n) is 7.23. The van der Waals surface area contributed by atoms with Crippen molar-refractivity contribution in [3.63, 3.8) is 0 Å². The average Bonchev–Trinajstić information content (AvgIpc) is 3.04. The molecule has 3 nitrogen and oxygen atoms in total. The first-order valence-corrected chi connectivity index (χ1v) is 8.11. The normalized spacial score (nSPS) is 12.1. The van der Waals surface area contributed by atoms with E-state index >= 15 is 0 Å². The zero-order valence-electron chi connectivity index (χ0n) is 12.4. The van der Waals surface area contributed by atoms with Gasteiger partial charge in [-0.25, -0.2) is 0 Å². The second-order valence-corrected chi connectivity index (χ2v) is 6.25. The molecule has 0 saturated carbocycles. The Morgan fingerprint density at radius 1 is 1.19 bits per heavy atom. The minimum Gasteiger partial charge on any atom is -0.344 e. The molecule has 0 bridgehead atoms. The lowest BCUT2D eigenvalue weighted by atomic mass is 10.0. The lowest BCUT2D eigenvalue weighted by Gasteiger charge is -2.21. The van der Waals surface area contributed by atoms with Gasteiger partial charge < -0.3 is 10.6 Å². The van der Waals surface area contributed by atoms with Crippen LogP contribution in [0.3, 0.4) is 0 Å². The van der Waals surface area contributed by atoms with Crippen molar-refractivity contribution >= 4 is 17.2 Å². The molecule has 0 saturated heterocycles. The fraction of sp³-hybridized carbons (Fsp3) is 0.353. The highest BCUT2D eigenvalue weighted by molar-refractivity contribution is 7.09. The van der Waals surface area contributed by atoms with Crippen molar-refractivity contribution in [1.29, 1.82) is 0 Å². The van der Waals surface area contributed by atoms with Crippen molar-refractivity contribution in [3.05, 3.63) is 58.3 Å². The molecule has 1 atom stereocenters. The summed E-state index contributed by atoms with van der Waals surface area (Å²) >= 11 is 1.72. The van der Waals surface area contributed by atoms with Crippen molar-refractivity contribution < 1.29 is 4.79 Å². The van der Waals surface area contributed by atoms with Crippen LogP contribution in [0.1, 0.15) is 16.9 Å². The van der Waals surface area contributed by atoms with Gasteiger partial charge in [0.2, 0.25) is 5.91 Å². The maximum atomic E-state index is 12.2. The number of carbonyl (C=O) groups is 1. The van der Waals surface area contributed by atoms with E-state index in [0.717, 1.165) is 19.4 Å². The molecule has 0 aliphatic heterocycles. The van der Waals surface area contributed by atoms with Crippen LogP contribution in [-0.2, 0) is 17.6 Å². The zero-order valence-corrected chi connectivity index (χ0v) is 13.2. The first-order chi connectivity index (χ1) is 10.2. The Bertz CT molecular complexity index is 539. The molecular weight excluding hydrogens is 280 g/mol. The molecule has 2 rings (SSSR count). The number of amides is 1. The van der Waals surface area contributed by atoms with Gasteiger partial charge >= 0.3 is 0 Å². The lowest BCUT2D eigenvalue weighted by molar-refractivity contribution is -0.131. The molecule has 0 spiro atoms. The Morgan fingerprint density at radius 3 is 2.62 bits per heavy atom. The van der Waals surface area contributed by atoms with Gasteiger partial charge in [-0.3, -0.25) is 4.79 Å². The van der Waals surface area contributed by atoms with Gasteiger partial charge in [0.1, 0.15) is 0 Å². The van der Waals surface area contributed by atoms with Crippen LogP contribution in [0.2, 0.25) is 0 Å². The number of aryl methyl sites for hydroxylation is 1. The van der Waals surface area contributed by atoms with Gasteiger partial charge in [0, 0.05) is 18.5 Å². The minimum absolute atomic E-state index is 0.0301. The molecule has 21 heavy (non-hydrogen) atoms. The van der Waals surface area contributed by atoms with Crippen LogP contribution in [0.25, 0.3) is 0 Å². The molecule has 1 heterocycles. The maximum absolute atomic E-state index is 12.2. The molecule has 4 heteroatoms. The third-order valence-corrected chi connectivity index (χ3v) is 4.49. The number of rotatable bonds is 7. The van der Waals surface area contributed by atoms with E-state index in [1.165, 1.54) is 10.4 Å². The van der Waals surface area contributed by atoms with Crippen molar-refractivity contribution in [2.24, 2.45) is 5.73 Å². The molecule has 0 aliphatic carbocycles.